The van der Waals surface area contributed by atoms with Crippen molar-refractivity contribution in [3.05, 3.63) is 93.7 Å². The topological polar surface area (TPSA) is 40.6 Å². The van der Waals surface area contributed by atoms with Gasteiger partial charge in [-0.3, -0.25) is 9.59 Å². The largest absolute Gasteiger partial charge is 0.416 e. The Morgan fingerprint density at radius 1 is 0.853 bits per heavy atom. The van der Waals surface area contributed by atoms with Crippen molar-refractivity contribution in [2.75, 3.05) is 6.54 Å². The van der Waals surface area contributed by atoms with Gasteiger partial charge in [-0.05, 0) is 62.0 Å². The van der Waals surface area contributed by atoms with Crippen molar-refractivity contribution in [3.8, 4) is 0 Å². The van der Waals surface area contributed by atoms with Gasteiger partial charge < -0.3 is 9.80 Å². The average Bonchev–Trinajstić information content (AvgIpc) is 3.29. The molecule has 4 nitrogen and oxygen atoms in total. The highest BCUT2D eigenvalue weighted by Crippen LogP contribution is 2.29. The van der Waals surface area contributed by atoms with Crippen molar-refractivity contribution < 1.29 is 22.8 Å². The van der Waals surface area contributed by atoms with E-state index >= 15 is 0 Å². The standard InChI is InChI=1S/C26H27F3N2O2S/c1-25(2,3)31(24(33)20-11-13-21(14-12-20)26(27,28)29)18-23(32)30(17-22-10-7-15-34-22)16-19-8-5-4-6-9-19/h4-15H,16-18H2,1-3H3. The number of amides is 2. The fraction of sp³-hybridized carbons (Fsp3) is 0.308. The van der Waals surface area contributed by atoms with Crippen LogP contribution in [0.15, 0.2) is 72.1 Å². The molecule has 8 heteroatoms. The van der Waals surface area contributed by atoms with E-state index in [1.807, 2.05) is 47.8 Å². The lowest BCUT2D eigenvalue weighted by molar-refractivity contribution is -0.137. The number of nitrogens with zero attached hydrogens (tertiary/aromatic N) is 2. The molecular weight excluding hydrogens is 461 g/mol. The van der Waals surface area contributed by atoms with Crippen LogP contribution in [0.5, 0.6) is 0 Å². The van der Waals surface area contributed by atoms with Crippen molar-refractivity contribution in [2.24, 2.45) is 0 Å². The van der Waals surface area contributed by atoms with E-state index in [4.69, 9.17) is 0 Å². The third-order valence-electron chi connectivity index (χ3n) is 5.30. The highest BCUT2D eigenvalue weighted by molar-refractivity contribution is 7.09. The molecule has 3 rings (SSSR count). The van der Waals surface area contributed by atoms with E-state index in [-0.39, 0.29) is 18.0 Å². The fourth-order valence-corrected chi connectivity index (χ4v) is 4.15. The molecule has 0 aliphatic rings. The lowest BCUT2D eigenvalue weighted by Crippen LogP contribution is -2.51. The van der Waals surface area contributed by atoms with Gasteiger partial charge in [0.15, 0.2) is 0 Å². The van der Waals surface area contributed by atoms with Crippen LogP contribution in [0.4, 0.5) is 13.2 Å². The maximum absolute atomic E-state index is 13.4. The highest BCUT2D eigenvalue weighted by atomic mass is 32.1. The van der Waals surface area contributed by atoms with Crippen LogP contribution in [0.25, 0.3) is 0 Å². The van der Waals surface area contributed by atoms with Crippen LogP contribution in [0.3, 0.4) is 0 Å². The molecule has 2 aromatic carbocycles. The minimum Gasteiger partial charge on any atom is -0.332 e. The maximum atomic E-state index is 13.4. The predicted molar refractivity (Wildman–Crippen MR) is 127 cm³/mol. The summed E-state index contributed by atoms with van der Waals surface area (Å²) < 4.78 is 38.8. The van der Waals surface area contributed by atoms with Gasteiger partial charge in [-0.15, -0.1) is 11.3 Å². The Bertz CT molecular complexity index is 1090. The first-order valence-electron chi connectivity index (χ1n) is 10.8. The second-order valence-corrected chi connectivity index (χ2v) is 9.98. The first-order chi connectivity index (χ1) is 15.9. The Morgan fingerprint density at radius 2 is 1.50 bits per heavy atom. The van der Waals surface area contributed by atoms with Crippen molar-refractivity contribution in [2.45, 2.75) is 45.6 Å². The van der Waals surface area contributed by atoms with Crippen LogP contribution in [0, 0.1) is 0 Å². The molecule has 0 aliphatic heterocycles. The molecule has 0 unspecified atom stereocenters. The third-order valence-corrected chi connectivity index (χ3v) is 6.16. The van der Waals surface area contributed by atoms with Gasteiger partial charge >= 0.3 is 6.18 Å². The van der Waals surface area contributed by atoms with Crippen LogP contribution >= 0.6 is 11.3 Å². The molecule has 0 N–H and O–H groups in total. The zero-order valence-electron chi connectivity index (χ0n) is 19.3. The van der Waals surface area contributed by atoms with Crippen molar-refractivity contribution in [3.63, 3.8) is 0 Å². The Kier molecular flexibility index (Phi) is 7.82. The van der Waals surface area contributed by atoms with Crippen LogP contribution in [-0.2, 0) is 24.1 Å². The summed E-state index contributed by atoms with van der Waals surface area (Å²) in [6, 6.07) is 17.5. The van der Waals surface area contributed by atoms with E-state index in [1.54, 1.807) is 37.0 Å². The zero-order chi connectivity index (χ0) is 24.9. The second kappa shape index (κ2) is 10.4. The van der Waals surface area contributed by atoms with Crippen molar-refractivity contribution in [1.82, 2.24) is 9.80 Å². The molecule has 0 spiro atoms. The monoisotopic (exact) mass is 488 g/mol. The Hall–Kier alpha value is -3.13. The summed E-state index contributed by atoms with van der Waals surface area (Å²) >= 11 is 1.54. The van der Waals surface area contributed by atoms with Gasteiger partial charge in [0, 0.05) is 22.5 Å². The lowest BCUT2D eigenvalue weighted by atomic mass is 10.0. The average molecular weight is 489 g/mol. The number of carbonyl (C=O) groups excluding carboxylic acids is 2. The Labute approximate surface area is 201 Å². The van der Waals surface area contributed by atoms with Gasteiger partial charge in [0.1, 0.15) is 6.54 Å². The molecule has 3 aromatic rings. The first kappa shape index (κ1) is 25.5. The predicted octanol–water partition coefficient (Wildman–Crippen LogP) is 6.24. The number of halogens is 3. The molecule has 1 heterocycles. The number of rotatable bonds is 7. The van der Waals surface area contributed by atoms with E-state index in [0.29, 0.717) is 13.1 Å². The lowest BCUT2D eigenvalue weighted by Gasteiger charge is -2.37. The number of alkyl halides is 3. The minimum absolute atomic E-state index is 0.101. The van der Waals surface area contributed by atoms with E-state index in [0.717, 1.165) is 34.7 Å². The SMILES string of the molecule is CC(C)(C)N(CC(=O)N(Cc1ccccc1)Cc1cccs1)C(=O)c1ccc(C(F)(F)F)cc1. The highest BCUT2D eigenvalue weighted by Gasteiger charge is 2.33. The smallest absolute Gasteiger partial charge is 0.332 e. The van der Waals surface area contributed by atoms with Crippen LogP contribution < -0.4 is 0 Å². The number of benzene rings is 2. The van der Waals surface area contributed by atoms with E-state index < -0.39 is 23.2 Å². The molecule has 0 saturated carbocycles. The Balaban J connectivity index is 1.83. The molecule has 0 aliphatic carbocycles. The summed E-state index contributed by atoms with van der Waals surface area (Å²) in [5, 5.41) is 1.94. The molecule has 0 saturated heterocycles. The minimum atomic E-state index is -4.49. The maximum Gasteiger partial charge on any atom is 0.416 e. The molecule has 0 atom stereocenters. The molecule has 180 valence electrons. The normalized spacial score (nSPS) is 11.8. The van der Waals surface area contributed by atoms with Crippen molar-refractivity contribution in [1.29, 1.82) is 0 Å². The van der Waals surface area contributed by atoms with Crippen molar-refractivity contribution >= 4 is 23.2 Å². The molecule has 1 aromatic heterocycles. The number of thiophene rings is 1. The van der Waals surface area contributed by atoms with Gasteiger partial charge in [0.25, 0.3) is 5.91 Å². The van der Waals surface area contributed by atoms with Crippen LogP contribution in [0.2, 0.25) is 0 Å². The first-order valence-corrected chi connectivity index (χ1v) is 11.7. The molecule has 0 fully saturated rings. The summed E-state index contributed by atoms with van der Waals surface area (Å²) in [6.45, 7) is 5.97. The third kappa shape index (κ3) is 6.70. The second-order valence-electron chi connectivity index (χ2n) is 8.95. The molecule has 0 radical (unpaired) electrons. The summed E-state index contributed by atoms with van der Waals surface area (Å²) in [7, 11) is 0. The summed E-state index contributed by atoms with van der Waals surface area (Å²) in [4.78, 5) is 30.8. The molecular formula is C26H27F3N2O2S. The van der Waals surface area contributed by atoms with E-state index in [1.165, 1.54) is 4.90 Å². The van der Waals surface area contributed by atoms with E-state index in [2.05, 4.69) is 0 Å². The molecule has 2 amide bonds. The molecule has 0 bridgehead atoms. The number of hydrogen-bond acceptors (Lipinski definition) is 3. The van der Waals surface area contributed by atoms with Crippen LogP contribution in [0.1, 0.15) is 47.1 Å². The quantitative estimate of drug-likeness (QED) is 0.395. The summed E-state index contributed by atoms with van der Waals surface area (Å²) in [5.41, 5.74) is -0.489. The number of hydrogen-bond donors (Lipinski definition) is 0. The molecule has 34 heavy (non-hydrogen) atoms. The Morgan fingerprint density at radius 3 is 2.03 bits per heavy atom. The van der Waals surface area contributed by atoms with Gasteiger partial charge in [0.05, 0.1) is 12.1 Å². The van der Waals surface area contributed by atoms with Crippen LogP contribution in [-0.4, -0.2) is 33.7 Å². The fourth-order valence-electron chi connectivity index (χ4n) is 3.43. The van der Waals surface area contributed by atoms with Gasteiger partial charge in [-0.25, -0.2) is 0 Å². The number of carbonyl (C=O) groups is 2. The summed E-state index contributed by atoms with van der Waals surface area (Å²) in [6.07, 6.45) is -4.49. The van der Waals surface area contributed by atoms with Gasteiger partial charge in [-0.1, -0.05) is 36.4 Å². The zero-order valence-corrected chi connectivity index (χ0v) is 20.1. The van der Waals surface area contributed by atoms with Gasteiger partial charge in [0.2, 0.25) is 5.91 Å². The van der Waals surface area contributed by atoms with E-state index in [9.17, 15) is 22.8 Å². The summed E-state index contributed by atoms with van der Waals surface area (Å²) in [5.74, 6) is -0.738. The van der Waals surface area contributed by atoms with Gasteiger partial charge in [-0.2, -0.15) is 13.2 Å².